The fraction of sp³-hybridized carbons (Fsp3) is 0.0909. The number of hydrogen-bond donors (Lipinski definition) is 0. The summed E-state index contributed by atoms with van der Waals surface area (Å²) < 4.78 is 27.0. The van der Waals surface area contributed by atoms with E-state index in [0.717, 1.165) is 0 Å². The second kappa shape index (κ2) is 7.96. The van der Waals surface area contributed by atoms with Gasteiger partial charge in [0.1, 0.15) is 17.1 Å². The van der Waals surface area contributed by atoms with Crippen LogP contribution < -0.4 is 19.6 Å². The number of fused-ring (bicyclic) bond motifs is 1. The molecule has 0 saturated carbocycles. The molecular weight excluding hydrogens is 412 g/mol. The molecule has 0 radical (unpaired) electrons. The maximum Gasteiger partial charge on any atom is 0.344 e. The minimum Gasteiger partial charge on any atom is -0.497 e. The van der Waals surface area contributed by atoms with E-state index in [2.05, 4.69) is 0 Å². The number of esters is 1. The van der Waals surface area contributed by atoms with Gasteiger partial charge in [-0.05, 0) is 42.5 Å². The van der Waals surface area contributed by atoms with Crippen molar-refractivity contribution in [2.45, 2.75) is 0 Å². The normalized spacial score (nSPS) is 10.8. The number of hydrogen-bond acceptors (Lipinski definition) is 7. The van der Waals surface area contributed by atoms with E-state index in [1.54, 1.807) is 30.3 Å². The van der Waals surface area contributed by atoms with Crippen LogP contribution in [0.5, 0.6) is 17.2 Å². The van der Waals surface area contributed by atoms with Gasteiger partial charge in [-0.2, -0.15) is 0 Å². The van der Waals surface area contributed by atoms with Crippen LogP contribution in [0.2, 0.25) is 5.02 Å². The molecule has 152 valence electrons. The van der Waals surface area contributed by atoms with Crippen LogP contribution in [0.25, 0.3) is 22.5 Å². The average Bonchev–Trinajstić information content (AvgIpc) is 3.30. The Bertz CT molecular complexity index is 1270. The Labute approximate surface area is 175 Å². The van der Waals surface area contributed by atoms with Crippen LogP contribution >= 0.6 is 11.6 Å². The summed E-state index contributed by atoms with van der Waals surface area (Å²) in [6.07, 6.45) is 1.42. The van der Waals surface area contributed by atoms with Crippen LogP contribution in [-0.2, 0) is 0 Å². The highest BCUT2D eigenvalue weighted by Crippen LogP contribution is 2.33. The van der Waals surface area contributed by atoms with Crippen molar-refractivity contribution >= 4 is 28.5 Å². The van der Waals surface area contributed by atoms with E-state index in [4.69, 9.17) is 34.6 Å². The predicted molar refractivity (Wildman–Crippen MR) is 110 cm³/mol. The third-order valence-electron chi connectivity index (χ3n) is 4.34. The van der Waals surface area contributed by atoms with E-state index in [1.807, 2.05) is 0 Å². The maximum absolute atomic E-state index is 13.1. The summed E-state index contributed by atoms with van der Waals surface area (Å²) >= 11 is 6.02. The molecule has 0 saturated heterocycles. The largest absolute Gasteiger partial charge is 0.497 e. The maximum atomic E-state index is 13.1. The SMILES string of the molecule is COc1cc(OC)cc(C(=O)Oc2c(-c3ccco3)oc3ccc(Cl)cc3c2=O)c1. The minimum absolute atomic E-state index is 0.0111. The molecule has 0 aliphatic rings. The van der Waals surface area contributed by atoms with Crippen molar-refractivity contribution in [3.05, 3.63) is 75.6 Å². The van der Waals surface area contributed by atoms with E-state index >= 15 is 0 Å². The Kier molecular flexibility index (Phi) is 5.20. The molecule has 7 nitrogen and oxygen atoms in total. The zero-order valence-corrected chi connectivity index (χ0v) is 16.7. The van der Waals surface area contributed by atoms with Crippen molar-refractivity contribution in [1.82, 2.24) is 0 Å². The molecule has 0 spiro atoms. The molecule has 30 heavy (non-hydrogen) atoms. The van der Waals surface area contributed by atoms with Crippen LogP contribution in [0.1, 0.15) is 10.4 Å². The molecular formula is C22H15ClO7. The quantitative estimate of drug-likeness (QED) is 0.417. The molecule has 0 amide bonds. The van der Waals surface area contributed by atoms with E-state index in [0.29, 0.717) is 16.5 Å². The van der Waals surface area contributed by atoms with Crippen molar-refractivity contribution in [1.29, 1.82) is 0 Å². The zero-order valence-electron chi connectivity index (χ0n) is 15.9. The summed E-state index contributed by atoms with van der Waals surface area (Å²) in [5.41, 5.74) is -0.158. The fourth-order valence-corrected chi connectivity index (χ4v) is 3.06. The molecule has 2 heterocycles. The predicted octanol–water partition coefficient (Wildman–Crippen LogP) is 4.94. The average molecular weight is 427 g/mol. The number of ether oxygens (including phenoxy) is 3. The highest BCUT2D eigenvalue weighted by molar-refractivity contribution is 6.31. The van der Waals surface area contributed by atoms with Gasteiger partial charge in [0.25, 0.3) is 0 Å². The number of rotatable bonds is 5. The molecule has 4 rings (SSSR count). The van der Waals surface area contributed by atoms with E-state index in [-0.39, 0.29) is 33.8 Å². The Morgan fingerprint density at radius 2 is 1.73 bits per heavy atom. The Balaban J connectivity index is 1.86. The lowest BCUT2D eigenvalue weighted by atomic mass is 10.1. The van der Waals surface area contributed by atoms with Crippen LogP contribution in [0.3, 0.4) is 0 Å². The molecule has 0 bridgehead atoms. The third kappa shape index (κ3) is 3.62. The van der Waals surface area contributed by atoms with Crippen molar-refractivity contribution < 1.29 is 27.8 Å². The first kappa shape index (κ1) is 19.6. The van der Waals surface area contributed by atoms with E-state index in [1.165, 1.54) is 38.7 Å². The lowest BCUT2D eigenvalue weighted by molar-refractivity contribution is 0.0730. The van der Waals surface area contributed by atoms with Crippen LogP contribution in [-0.4, -0.2) is 20.2 Å². The molecule has 8 heteroatoms. The lowest BCUT2D eigenvalue weighted by Crippen LogP contribution is -2.16. The molecule has 2 aromatic heterocycles. The minimum atomic E-state index is -0.798. The van der Waals surface area contributed by atoms with Gasteiger partial charge in [-0.3, -0.25) is 4.79 Å². The zero-order chi connectivity index (χ0) is 21.3. The number of furan rings is 1. The van der Waals surface area contributed by atoms with Crippen LogP contribution in [0.15, 0.2) is 68.4 Å². The fourth-order valence-electron chi connectivity index (χ4n) is 2.89. The molecule has 0 aliphatic carbocycles. The Hall–Kier alpha value is -3.71. The number of carbonyl (C=O) groups is 1. The van der Waals surface area contributed by atoms with Crippen LogP contribution in [0.4, 0.5) is 0 Å². The molecule has 0 atom stereocenters. The number of carbonyl (C=O) groups excluding carboxylic acids is 1. The van der Waals surface area contributed by atoms with E-state index < -0.39 is 11.4 Å². The number of halogens is 1. The van der Waals surface area contributed by atoms with Crippen molar-refractivity contribution in [2.75, 3.05) is 14.2 Å². The number of benzene rings is 2. The van der Waals surface area contributed by atoms with Crippen molar-refractivity contribution in [3.8, 4) is 28.8 Å². The summed E-state index contributed by atoms with van der Waals surface area (Å²) in [6, 6.07) is 12.4. The van der Waals surface area contributed by atoms with Gasteiger partial charge in [-0.15, -0.1) is 0 Å². The monoisotopic (exact) mass is 426 g/mol. The van der Waals surface area contributed by atoms with Crippen LogP contribution in [0, 0.1) is 0 Å². The lowest BCUT2D eigenvalue weighted by Gasteiger charge is -2.11. The van der Waals surface area contributed by atoms with Gasteiger partial charge in [0.2, 0.25) is 16.9 Å². The Morgan fingerprint density at radius 1 is 1.00 bits per heavy atom. The van der Waals surface area contributed by atoms with Gasteiger partial charge in [-0.25, -0.2) is 4.79 Å². The van der Waals surface area contributed by atoms with Gasteiger partial charge in [0.05, 0.1) is 31.4 Å². The second-order valence-electron chi connectivity index (χ2n) is 6.20. The first-order valence-electron chi connectivity index (χ1n) is 8.75. The molecule has 2 aromatic carbocycles. The molecule has 0 aliphatic heterocycles. The van der Waals surface area contributed by atoms with Crippen molar-refractivity contribution in [2.24, 2.45) is 0 Å². The van der Waals surface area contributed by atoms with Crippen molar-refractivity contribution in [3.63, 3.8) is 0 Å². The van der Waals surface area contributed by atoms with Gasteiger partial charge >= 0.3 is 5.97 Å². The third-order valence-corrected chi connectivity index (χ3v) is 4.57. The second-order valence-corrected chi connectivity index (χ2v) is 6.63. The number of methoxy groups -OCH3 is 2. The Morgan fingerprint density at radius 3 is 2.37 bits per heavy atom. The molecule has 0 N–H and O–H groups in total. The first-order chi connectivity index (χ1) is 14.5. The van der Waals surface area contributed by atoms with Gasteiger partial charge in [0, 0.05) is 11.1 Å². The summed E-state index contributed by atoms with van der Waals surface area (Å²) in [5, 5.41) is 0.513. The topological polar surface area (TPSA) is 88.1 Å². The smallest absolute Gasteiger partial charge is 0.344 e. The summed E-state index contributed by atoms with van der Waals surface area (Å²) in [7, 11) is 2.92. The van der Waals surface area contributed by atoms with Gasteiger partial charge < -0.3 is 23.0 Å². The first-order valence-corrected chi connectivity index (χ1v) is 9.13. The summed E-state index contributed by atoms with van der Waals surface area (Å²) in [4.78, 5) is 26.0. The molecule has 4 aromatic rings. The highest BCUT2D eigenvalue weighted by atomic mass is 35.5. The van der Waals surface area contributed by atoms with Gasteiger partial charge in [0.15, 0.2) is 5.76 Å². The molecule has 0 fully saturated rings. The summed E-state index contributed by atoms with van der Waals surface area (Å²) in [6.45, 7) is 0. The highest BCUT2D eigenvalue weighted by Gasteiger charge is 2.23. The van der Waals surface area contributed by atoms with E-state index in [9.17, 15) is 9.59 Å². The van der Waals surface area contributed by atoms with Gasteiger partial charge in [-0.1, -0.05) is 11.6 Å². The molecule has 0 unspecified atom stereocenters. The summed E-state index contributed by atoms with van der Waals surface area (Å²) in [5.74, 6) is -0.104. The standard InChI is InChI=1S/C22H15ClO7/c1-26-14-8-12(9-15(11-14)27-2)22(25)30-21-19(24)16-10-13(23)5-6-17(16)29-20(21)18-4-3-7-28-18/h3-11H,1-2H3.